The van der Waals surface area contributed by atoms with Gasteiger partial charge in [0.05, 0.1) is 31.4 Å². The molecule has 84 valence electrons. The van der Waals surface area contributed by atoms with Gasteiger partial charge in [0, 0.05) is 6.07 Å². The first-order valence-electron chi connectivity index (χ1n) is 4.81. The molecule has 16 heavy (non-hydrogen) atoms. The fourth-order valence-electron chi connectivity index (χ4n) is 1.18. The van der Waals surface area contributed by atoms with E-state index in [9.17, 15) is 4.79 Å². The smallest absolute Gasteiger partial charge is 0.311 e. The molecule has 0 amide bonds. The van der Waals surface area contributed by atoms with E-state index in [1.54, 1.807) is 19.1 Å². The maximum Gasteiger partial charge on any atom is 0.311 e. The number of nitrogens with zero attached hydrogens (tertiary/aromatic N) is 2. The summed E-state index contributed by atoms with van der Waals surface area (Å²) in [5, 5.41) is 8.84. The number of methoxy groups -OCH3 is 1. The summed E-state index contributed by atoms with van der Waals surface area (Å²) in [7, 11) is 1.47. The molecule has 1 aromatic rings. The van der Waals surface area contributed by atoms with E-state index in [2.05, 4.69) is 4.98 Å². The number of esters is 1. The third kappa shape index (κ3) is 2.95. The van der Waals surface area contributed by atoms with Crippen molar-refractivity contribution in [2.24, 2.45) is 0 Å². The zero-order valence-corrected chi connectivity index (χ0v) is 9.19. The highest BCUT2D eigenvalue weighted by Crippen LogP contribution is 2.13. The van der Waals surface area contributed by atoms with Crippen molar-refractivity contribution >= 4 is 5.97 Å². The molecule has 0 aliphatic heterocycles. The molecule has 0 spiro atoms. The van der Waals surface area contributed by atoms with E-state index < -0.39 is 5.97 Å². The zero-order valence-electron chi connectivity index (χ0n) is 9.19. The van der Waals surface area contributed by atoms with Crippen molar-refractivity contribution in [1.29, 1.82) is 5.26 Å². The molecule has 0 fully saturated rings. The molecule has 0 saturated carbocycles. The van der Waals surface area contributed by atoms with Crippen molar-refractivity contribution in [3.63, 3.8) is 0 Å². The Kier molecular flexibility index (Phi) is 4.28. The summed E-state index contributed by atoms with van der Waals surface area (Å²) in [4.78, 5) is 15.3. The Morgan fingerprint density at radius 2 is 2.31 bits per heavy atom. The number of pyridine rings is 1. The Hall–Kier alpha value is -2.09. The topological polar surface area (TPSA) is 72.2 Å². The number of hydrogen-bond acceptors (Lipinski definition) is 5. The fourth-order valence-corrected chi connectivity index (χ4v) is 1.18. The van der Waals surface area contributed by atoms with E-state index >= 15 is 0 Å². The molecular weight excluding hydrogens is 208 g/mol. The fraction of sp³-hybridized carbons (Fsp3) is 0.364. The van der Waals surface area contributed by atoms with Crippen molar-refractivity contribution in [1.82, 2.24) is 4.98 Å². The second kappa shape index (κ2) is 5.71. The number of hydrogen-bond donors (Lipinski definition) is 0. The quantitative estimate of drug-likeness (QED) is 0.709. The minimum absolute atomic E-state index is 0.0199. The van der Waals surface area contributed by atoms with Crippen molar-refractivity contribution in [3.05, 3.63) is 23.4 Å². The highest BCUT2D eigenvalue weighted by molar-refractivity contribution is 5.72. The van der Waals surface area contributed by atoms with Crippen LogP contribution in [-0.4, -0.2) is 24.7 Å². The molecule has 0 bridgehead atoms. The summed E-state index contributed by atoms with van der Waals surface area (Å²) >= 11 is 0. The lowest BCUT2D eigenvalue weighted by Crippen LogP contribution is -2.10. The van der Waals surface area contributed by atoms with Gasteiger partial charge in [0.1, 0.15) is 6.07 Å². The van der Waals surface area contributed by atoms with E-state index in [0.29, 0.717) is 23.7 Å². The third-order valence-electron chi connectivity index (χ3n) is 1.90. The van der Waals surface area contributed by atoms with Gasteiger partial charge >= 0.3 is 5.97 Å². The molecular formula is C11H12N2O3. The number of nitriles is 1. The summed E-state index contributed by atoms with van der Waals surface area (Å²) < 4.78 is 9.71. The molecule has 0 aromatic carbocycles. The van der Waals surface area contributed by atoms with Gasteiger partial charge in [0.25, 0.3) is 0 Å². The molecule has 0 saturated heterocycles. The molecule has 5 nitrogen and oxygen atoms in total. The monoisotopic (exact) mass is 220 g/mol. The lowest BCUT2D eigenvalue weighted by atomic mass is 10.1. The second-order valence-corrected chi connectivity index (χ2v) is 2.94. The first-order chi connectivity index (χ1) is 7.71. The van der Waals surface area contributed by atoms with Gasteiger partial charge < -0.3 is 9.47 Å². The summed E-state index contributed by atoms with van der Waals surface area (Å²) in [5.41, 5.74) is 0.731. The van der Waals surface area contributed by atoms with Gasteiger partial charge in [-0.3, -0.25) is 4.79 Å². The predicted molar refractivity (Wildman–Crippen MR) is 55.8 cm³/mol. The molecule has 0 N–H and O–H groups in total. The van der Waals surface area contributed by atoms with Crippen LogP contribution in [0.4, 0.5) is 0 Å². The largest absolute Gasteiger partial charge is 0.481 e. The molecule has 0 aliphatic carbocycles. The van der Waals surface area contributed by atoms with Crippen molar-refractivity contribution in [2.45, 2.75) is 13.3 Å². The van der Waals surface area contributed by atoms with Crippen molar-refractivity contribution in [3.8, 4) is 11.9 Å². The highest BCUT2D eigenvalue weighted by Gasteiger charge is 2.11. The molecule has 1 aromatic heterocycles. The predicted octanol–water partition coefficient (Wildman–Crippen LogP) is 1.07. The minimum atomic E-state index is -0.403. The van der Waals surface area contributed by atoms with Crippen LogP contribution < -0.4 is 4.74 Å². The SMILES string of the molecule is CCOC(=O)Cc1nc(OC)ccc1C#N. The Morgan fingerprint density at radius 1 is 1.56 bits per heavy atom. The first kappa shape index (κ1) is 12.0. The summed E-state index contributed by atoms with van der Waals surface area (Å²) in [5.74, 6) is -0.0296. The number of rotatable bonds is 4. The maximum absolute atomic E-state index is 11.3. The molecule has 1 heterocycles. The van der Waals surface area contributed by atoms with Crippen LogP contribution in [0.1, 0.15) is 18.2 Å². The number of ether oxygens (including phenoxy) is 2. The molecule has 0 aliphatic rings. The van der Waals surface area contributed by atoms with Gasteiger partial charge in [0.15, 0.2) is 0 Å². The van der Waals surface area contributed by atoms with Crippen LogP contribution in [0.2, 0.25) is 0 Å². The molecule has 0 radical (unpaired) electrons. The van der Waals surface area contributed by atoms with Crippen LogP contribution in [0, 0.1) is 11.3 Å². The van der Waals surface area contributed by atoms with Crippen LogP contribution in [0.3, 0.4) is 0 Å². The Bertz CT molecular complexity index is 424. The maximum atomic E-state index is 11.3. The van der Waals surface area contributed by atoms with Gasteiger partial charge in [-0.05, 0) is 13.0 Å². The average Bonchev–Trinajstić information content (AvgIpc) is 2.29. The second-order valence-electron chi connectivity index (χ2n) is 2.94. The third-order valence-corrected chi connectivity index (χ3v) is 1.90. The van der Waals surface area contributed by atoms with Crippen LogP contribution in [-0.2, 0) is 16.0 Å². The average molecular weight is 220 g/mol. The van der Waals surface area contributed by atoms with E-state index in [-0.39, 0.29) is 6.42 Å². The van der Waals surface area contributed by atoms with Crippen molar-refractivity contribution < 1.29 is 14.3 Å². The normalized spacial score (nSPS) is 9.31. The van der Waals surface area contributed by atoms with E-state index in [4.69, 9.17) is 14.7 Å². The van der Waals surface area contributed by atoms with Gasteiger partial charge in [0.2, 0.25) is 5.88 Å². The van der Waals surface area contributed by atoms with E-state index in [1.807, 2.05) is 6.07 Å². The Labute approximate surface area is 93.6 Å². The Morgan fingerprint density at radius 3 is 2.88 bits per heavy atom. The zero-order chi connectivity index (χ0) is 12.0. The number of carbonyl (C=O) groups is 1. The van der Waals surface area contributed by atoms with Crippen LogP contribution in [0.15, 0.2) is 12.1 Å². The molecule has 5 heteroatoms. The molecule has 1 rings (SSSR count). The minimum Gasteiger partial charge on any atom is -0.481 e. The van der Waals surface area contributed by atoms with Crippen LogP contribution >= 0.6 is 0 Å². The first-order valence-corrected chi connectivity index (χ1v) is 4.81. The summed E-state index contributed by atoms with van der Waals surface area (Å²) in [6.45, 7) is 2.03. The Balaban J connectivity index is 2.92. The van der Waals surface area contributed by atoms with Gasteiger partial charge in [-0.2, -0.15) is 5.26 Å². The standard InChI is InChI=1S/C11H12N2O3/c1-3-16-11(14)6-9-8(7-12)4-5-10(13-9)15-2/h4-5H,3,6H2,1-2H3. The van der Waals surface area contributed by atoms with E-state index in [0.717, 1.165) is 0 Å². The summed E-state index contributed by atoms with van der Waals surface area (Å²) in [6, 6.07) is 5.11. The summed E-state index contributed by atoms with van der Waals surface area (Å²) in [6.07, 6.45) is -0.0199. The van der Waals surface area contributed by atoms with Crippen molar-refractivity contribution in [2.75, 3.05) is 13.7 Å². The molecule has 0 atom stereocenters. The van der Waals surface area contributed by atoms with Gasteiger partial charge in [-0.25, -0.2) is 4.98 Å². The molecule has 0 unspecified atom stereocenters. The number of aromatic nitrogens is 1. The lowest BCUT2D eigenvalue weighted by Gasteiger charge is -2.05. The van der Waals surface area contributed by atoms with Crippen LogP contribution in [0.5, 0.6) is 5.88 Å². The highest BCUT2D eigenvalue weighted by atomic mass is 16.5. The number of carbonyl (C=O) groups excluding carboxylic acids is 1. The lowest BCUT2D eigenvalue weighted by molar-refractivity contribution is -0.142. The van der Waals surface area contributed by atoms with E-state index in [1.165, 1.54) is 7.11 Å². The van der Waals surface area contributed by atoms with Gasteiger partial charge in [-0.1, -0.05) is 0 Å². The van der Waals surface area contributed by atoms with Crippen LogP contribution in [0.25, 0.3) is 0 Å². The van der Waals surface area contributed by atoms with Gasteiger partial charge in [-0.15, -0.1) is 0 Å².